The molecule has 23 heavy (non-hydrogen) atoms. The molecular formula is C17H25NO5. The largest absolute Gasteiger partial charge is 0.508 e. The smallest absolute Gasteiger partial charge is 0.407 e. The Bertz CT molecular complexity index is 533. The maximum atomic E-state index is 11.9. The van der Waals surface area contributed by atoms with Gasteiger partial charge in [0.25, 0.3) is 0 Å². The van der Waals surface area contributed by atoms with E-state index in [1.165, 1.54) is 0 Å². The van der Waals surface area contributed by atoms with Crippen molar-refractivity contribution in [3.8, 4) is 5.75 Å². The second-order valence-corrected chi connectivity index (χ2v) is 6.69. The summed E-state index contributed by atoms with van der Waals surface area (Å²) in [5.41, 5.74) is 0.271. The number of carbonyl (C=O) groups excluding carboxylic acids is 1. The van der Waals surface area contributed by atoms with Crippen molar-refractivity contribution in [1.82, 2.24) is 5.32 Å². The Labute approximate surface area is 136 Å². The van der Waals surface area contributed by atoms with E-state index in [0.29, 0.717) is 6.42 Å². The van der Waals surface area contributed by atoms with E-state index < -0.39 is 23.6 Å². The Morgan fingerprint density at radius 1 is 1.22 bits per heavy atom. The lowest BCUT2D eigenvalue weighted by molar-refractivity contribution is -0.141. The molecule has 1 unspecified atom stereocenters. The maximum absolute atomic E-state index is 11.9. The Morgan fingerprint density at radius 3 is 2.26 bits per heavy atom. The summed E-state index contributed by atoms with van der Waals surface area (Å²) in [4.78, 5) is 23.0. The fraction of sp³-hybridized carbons (Fsp3) is 0.529. The van der Waals surface area contributed by atoms with Crippen LogP contribution in [0.4, 0.5) is 4.79 Å². The molecule has 6 nitrogen and oxygen atoms in total. The fourth-order valence-corrected chi connectivity index (χ4v) is 2.11. The molecule has 0 radical (unpaired) electrons. The number of phenolic OH excluding ortho intramolecular Hbond substituents is 1. The highest BCUT2D eigenvalue weighted by atomic mass is 16.6. The molecule has 6 heteroatoms. The standard InChI is InChI=1S/C17H25NO5/c1-11(15(20)21)9-13(18-16(22)23-17(2,3)4)10-12-5-7-14(19)8-6-12/h5-8,11,13,19H,9-10H2,1-4H3,(H,18,22)(H,20,21)/t11?,13-/m1/s1. The molecule has 0 saturated heterocycles. The van der Waals surface area contributed by atoms with Gasteiger partial charge in [-0.1, -0.05) is 19.1 Å². The van der Waals surface area contributed by atoms with Crippen LogP contribution >= 0.6 is 0 Å². The second-order valence-electron chi connectivity index (χ2n) is 6.69. The van der Waals surface area contributed by atoms with Crippen LogP contribution in [0, 0.1) is 5.92 Å². The quantitative estimate of drug-likeness (QED) is 0.748. The fourth-order valence-electron chi connectivity index (χ4n) is 2.11. The molecule has 1 aromatic carbocycles. The van der Waals surface area contributed by atoms with Gasteiger partial charge in [0, 0.05) is 6.04 Å². The van der Waals surface area contributed by atoms with Crippen molar-refractivity contribution in [2.24, 2.45) is 5.92 Å². The van der Waals surface area contributed by atoms with Gasteiger partial charge in [-0.15, -0.1) is 0 Å². The predicted octanol–water partition coefficient (Wildman–Crippen LogP) is 2.94. The molecule has 3 N–H and O–H groups in total. The first-order valence-corrected chi connectivity index (χ1v) is 7.57. The third-order valence-electron chi connectivity index (χ3n) is 3.20. The average molecular weight is 323 g/mol. The van der Waals surface area contributed by atoms with Crippen molar-refractivity contribution in [3.63, 3.8) is 0 Å². The minimum Gasteiger partial charge on any atom is -0.508 e. The number of phenols is 1. The number of alkyl carbamates (subject to hydrolysis) is 1. The van der Waals surface area contributed by atoms with Crippen LogP contribution in [0.15, 0.2) is 24.3 Å². The van der Waals surface area contributed by atoms with Gasteiger partial charge in [0.1, 0.15) is 11.4 Å². The SMILES string of the molecule is CC(C[C@H](Cc1ccc(O)cc1)NC(=O)OC(C)(C)C)C(=O)O. The third kappa shape index (κ3) is 7.54. The Kier molecular flexibility index (Phi) is 6.42. The van der Waals surface area contributed by atoms with Crippen LogP contribution in [-0.2, 0) is 16.0 Å². The predicted molar refractivity (Wildman–Crippen MR) is 86.4 cm³/mol. The summed E-state index contributed by atoms with van der Waals surface area (Å²) in [5, 5.41) is 21.1. The molecule has 0 spiro atoms. The number of carbonyl (C=O) groups is 2. The first-order valence-electron chi connectivity index (χ1n) is 7.57. The molecule has 128 valence electrons. The Hall–Kier alpha value is -2.24. The zero-order valence-electron chi connectivity index (χ0n) is 14.0. The zero-order valence-corrected chi connectivity index (χ0v) is 14.0. The van der Waals surface area contributed by atoms with Gasteiger partial charge in [0.05, 0.1) is 5.92 Å². The molecule has 1 rings (SSSR count). The highest BCUT2D eigenvalue weighted by Gasteiger charge is 2.23. The normalized spacial score (nSPS) is 13.9. The van der Waals surface area contributed by atoms with Crippen LogP contribution in [0.5, 0.6) is 5.75 Å². The zero-order chi connectivity index (χ0) is 17.6. The van der Waals surface area contributed by atoms with Crippen LogP contribution < -0.4 is 5.32 Å². The molecule has 0 aliphatic rings. The lowest BCUT2D eigenvalue weighted by Gasteiger charge is -2.24. The Morgan fingerprint density at radius 2 is 1.78 bits per heavy atom. The van der Waals surface area contributed by atoms with Crippen molar-refractivity contribution in [3.05, 3.63) is 29.8 Å². The summed E-state index contributed by atoms with van der Waals surface area (Å²) in [5.74, 6) is -1.34. The van der Waals surface area contributed by atoms with Crippen molar-refractivity contribution in [2.75, 3.05) is 0 Å². The Balaban J connectivity index is 2.77. The van der Waals surface area contributed by atoms with Gasteiger partial charge < -0.3 is 20.3 Å². The lowest BCUT2D eigenvalue weighted by atomic mass is 9.96. The molecule has 0 aliphatic heterocycles. The van der Waals surface area contributed by atoms with Gasteiger partial charge in [-0.2, -0.15) is 0 Å². The number of amides is 1. The number of hydrogen-bond donors (Lipinski definition) is 3. The summed E-state index contributed by atoms with van der Waals surface area (Å²) >= 11 is 0. The van der Waals surface area contributed by atoms with E-state index >= 15 is 0 Å². The van der Waals surface area contributed by atoms with Gasteiger partial charge in [0.15, 0.2) is 0 Å². The van der Waals surface area contributed by atoms with Gasteiger partial charge in [0.2, 0.25) is 0 Å². The average Bonchev–Trinajstić information content (AvgIpc) is 2.38. The molecule has 0 heterocycles. The van der Waals surface area contributed by atoms with Gasteiger partial charge in [-0.3, -0.25) is 4.79 Å². The molecule has 1 aromatic rings. The summed E-state index contributed by atoms with van der Waals surface area (Å²) in [6.07, 6.45) is 0.172. The number of aliphatic carboxylic acids is 1. The third-order valence-corrected chi connectivity index (χ3v) is 3.20. The first kappa shape index (κ1) is 18.8. The first-order chi connectivity index (χ1) is 10.6. The lowest BCUT2D eigenvalue weighted by Crippen LogP contribution is -2.41. The number of aromatic hydroxyl groups is 1. The van der Waals surface area contributed by atoms with E-state index in [1.807, 2.05) is 0 Å². The molecule has 0 bridgehead atoms. The van der Waals surface area contributed by atoms with E-state index in [2.05, 4.69) is 5.32 Å². The van der Waals surface area contributed by atoms with E-state index in [4.69, 9.17) is 9.84 Å². The van der Waals surface area contributed by atoms with Crippen molar-refractivity contribution in [2.45, 2.75) is 52.2 Å². The van der Waals surface area contributed by atoms with Crippen LogP contribution in [-0.4, -0.2) is 33.9 Å². The monoisotopic (exact) mass is 323 g/mol. The molecule has 2 atom stereocenters. The second kappa shape index (κ2) is 7.85. The van der Waals surface area contributed by atoms with Gasteiger partial charge in [-0.25, -0.2) is 4.79 Å². The highest BCUT2D eigenvalue weighted by molar-refractivity contribution is 5.70. The number of ether oxygens (including phenoxy) is 1. The molecule has 0 fully saturated rings. The molecule has 0 aliphatic carbocycles. The van der Waals surface area contributed by atoms with E-state index in [-0.39, 0.29) is 18.2 Å². The topological polar surface area (TPSA) is 95.9 Å². The number of nitrogens with one attached hydrogen (secondary N) is 1. The van der Waals surface area contributed by atoms with Crippen molar-refractivity contribution < 1.29 is 24.5 Å². The number of carboxylic acids is 1. The highest BCUT2D eigenvalue weighted by Crippen LogP contribution is 2.16. The van der Waals surface area contributed by atoms with Crippen LogP contribution in [0.3, 0.4) is 0 Å². The summed E-state index contributed by atoms with van der Waals surface area (Å²) in [7, 11) is 0. The van der Waals surface area contributed by atoms with Crippen LogP contribution in [0.2, 0.25) is 0 Å². The van der Waals surface area contributed by atoms with Crippen LogP contribution in [0.25, 0.3) is 0 Å². The summed E-state index contributed by atoms with van der Waals surface area (Å²) < 4.78 is 5.23. The van der Waals surface area contributed by atoms with E-state index in [0.717, 1.165) is 5.56 Å². The van der Waals surface area contributed by atoms with E-state index in [1.54, 1.807) is 52.0 Å². The van der Waals surface area contributed by atoms with Crippen molar-refractivity contribution >= 4 is 12.1 Å². The molecule has 0 aromatic heterocycles. The minimum atomic E-state index is -0.910. The van der Waals surface area contributed by atoms with Gasteiger partial charge in [-0.05, 0) is 51.3 Å². The van der Waals surface area contributed by atoms with Crippen LogP contribution in [0.1, 0.15) is 39.7 Å². The van der Waals surface area contributed by atoms with Crippen molar-refractivity contribution in [1.29, 1.82) is 0 Å². The minimum absolute atomic E-state index is 0.157. The van der Waals surface area contributed by atoms with E-state index in [9.17, 15) is 14.7 Å². The summed E-state index contributed by atoms with van der Waals surface area (Å²) in [6, 6.07) is 6.22. The number of rotatable bonds is 6. The molecule has 0 saturated carbocycles. The number of hydrogen-bond acceptors (Lipinski definition) is 4. The number of benzene rings is 1. The number of carboxylic acid groups (broad SMARTS) is 1. The maximum Gasteiger partial charge on any atom is 0.407 e. The molecule has 1 amide bonds. The van der Waals surface area contributed by atoms with Gasteiger partial charge >= 0.3 is 12.1 Å². The summed E-state index contributed by atoms with van der Waals surface area (Å²) in [6.45, 7) is 6.90. The molecular weight excluding hydrogens is 298 g/mol.